The van der Waals surface area contributed by atoms with Gasteiger partial charge in [0, 0.05) is 18.8 Å². The van der Waals surface area contributed by atoms with Gasteiger partial charge in [-0.1, -0.05) is 23.9 Å². The number of ether oxygens (including phenoxy) is 3. The average Bonchev–Trinajstić information content (AvgIpc) is 3.20. The predicted octanol–water partition coefficient (Wildman–Crippen LogP) is 3.47. The molecule has 0 aromatic heterocycles. The van der Waals surface area contributed by atoms with E-state index in [4.69, 9.17) is 19.2 Å². The summed E-state index contributed by atoms with van der Waals surface area (Å²) >= 11 is 1.46. The molecular formula is C24H29N3O5S. The van der Waals surface area contributed by atoms with Crippen LogP contribution in [0.3, 0.4) is 0 Å². The number of allylic oxidation sites excluding steroid dienone is 1. The third-order valence-electron chi connectivity index (χ3n) is 5.67. The lowest BCUT2D eigenvalue weighted by Crippen LogP contribution is -2.42. The Balaban J connectivity index is 1.71. The molecule has 1 fully saturated rings. The zero-order valence-corrected chi connectivity index (χ0v) is 20.2. The van der Waals surface area contributed by atoms with Crippen LogP contribution < -0.4 is 4.74 Å². The van der Waals surface area contributed by atoms with Crippen molar-refractivity contribution < 1.29 is 23.8 Å². The summed E-state index contributed by atoms with van der Waals surface area (Å²) in [4.78, 5) is 34.7. The highest BCUT2D eigenvalue weighted by atomic mass is 32.2. The summed E-state index contributed by atoms with van der Waals surface area (Å²) in [5, 5.41) is 2.69. The minimum Gasteiger partial charge on any atom is -0.497 e. The van der Waals surface area contributed by atoms with E-state index in [1.54, 1.807) is 7.11 Å². The molecule has 8 nitrogen and oxygen atoms in total. The van der Waals surface area contributed by atoms with Crippen LogP contribution in [0.15, 0.2) is 51.6 Å². The predicted molar refractivity (Wildman–Crippen MR) is 127 cm³/mol. The van der Waals surface area contributed by atoms with Gasteiger partial charge in [-0.05, 0) is 43.9 Å². The molecule has 1 atom stereocenters. The molecule has 3 aliphatic heterocycles. The van der Waals surface area contributed by atoms with Gasteiger partial charge < -0.3 is 24.0 Å². The SMILES string of the molecule is COc1cccc(C2C(C(=O)OC(C)C)=C(C)N=C3SC=C(CC(=O)N4CCOCC4)N32)c1. The van der Waals surface area contributed by atoms with Crippen molar-refractivity contribution in [2.45, 2.75) is 39.3 Å². The van der Waals surface area contributed by atoms with E-state index in [0.29, 0.717) is 43.3 Å². The van der Waals surface area contributed by atoms with Crippen molar-refractivity contribution in [3.8, 4) is 5.75 Å². The van der Waals surface area contributed by atoms with Gasteiger partial charge in [-0.15, -0.1) is 0 Å². The summed E-state index contributed by atoms with van der Waals surface area (Å²) < 4.78 is 16.4. The molecule has 0 N–H and O–H groups in total. The number of amidine groups is 1. The summed E-state index contributed by atoms with van der Waals surface area (Å²) in [6.45, 7) is 7.75. The molecule has 0 radical (unpaired) electrons. The molecule has 33 heavy (non-hydrogen) atoms. The van der Waals surface area contributed by atoms with Crippen LogP contribution in [0.2, 0.25) is 0 Å². The highest BCUT2D eigenvalue weighted by Gasteiger charge is 2.41. The largest absolute Gasteiger partial charge is 0.497 e. The first kappa shape index (κ1) is 23.4. The van der Waals surface area contributed by atoms with Gasteiger partial charge in [-0.25, -0.2) is 9.79 Å². The number of methoxy groups -OCH3 is 1. The quantitative estimate of drug-likeness (QED) is 0.588. The van der Waals surface area contributed by atoms with Crippen LogP contribution in [-0.4, -0.2) is 66.4 Å². The van der Waals surface area contributed by atoms with Crippen molar-refractivity contribution in [1.82, 2.24) is 9.80 Å². The third-order valence-corrected chi connectivity index (χ3v) is 6.56. The maximum Gasteiger partial charge on any atom is 0.338 e. The Morgan fingerprint density at radius 3 is 2.73 bits per heavy atom. The van der Waals surface area contributed by atoms with Gasteiger partial charge >= 0.3 is 5.97 Å². The van der Waals surface area contributed by atoms with E-state index in [1.165, 1.54) is 11.8 Å². The molecule has 0 aliphatic carbocycles. The Morgan fingerprint density at radius 1 is 1.27 bits per heavy atom. The van der Waals surface area contributed by atoms with Crippen molar-refractivity contribution in [2.24, 2.45) is 4.99 Å². The zero-order valence-electron chi connectivity index (χ0n) is 19.4. The highest BCUT2D eigenvalue weighted by molar-refractivity contribution is 8.16. The Morgan fingerprint density at radius 2 is 2.03 bits per heavy atom. The minimum absolute atomic E-state index is 0.0355. The molecule has 1 aromatic rings. The normalized spacial score (nSPS) is 20.5. The molecule has 1 unspecified atom stereocenters. The number of esters is 1. The topological polar surface area (TPSA) is 80.7 Å². The Bertz CT molecular complexity index is 1030. The second-order valence-electron chi connectivity index (χ2n) is 8.29. The summed E-state index contributed by atoms with van der Waals surface area (Å²) in [5.74, 6) is 0.315. The number of aliphatic imine (C=N–C) groups is 1. The van der Waals surface area contributed by atoms with Gasteiger partial charge in [0.2, 0.25) is 5.91 Å². The van der Waals surface area contributed by atoms with Crippen molar-refractivity contribution in [3.05, 3.63) is 52.2 Å². The lowest BCUT2D eigenvalue weighted by molar-refractivity contribution is -0.143. The molecular weight excluding hydrogens is 442 g/mol. The van der Waals surface area contributed by atoms with Gasteiger partial charge in [0.1, 0.15) is 5.75 Å². The molecule has 1 aromatic carbocycles. The fraction of sp³-hybridized carbons (Fsp3) is 0.458. The number of amides is 1. The number of thioether (sulfide) groups is 1. The summed E-state index contributed by atoms with van der Waals surface area (Å²) in [5.41, 5.74) is 2.75. The molecule has 3 aliphatic rings. The minimum atomic E-state index is -0.474. The van der Waals surface area contributed by atoms with Gasteiger partial charge in [0.15, 0.2) is 5.17 Å². The molecule has 176 valence electrons. The first-order valence-corrected chi connectivity index (χ1v) is 11.9. The third kappa shape index (κ3) is 4.94. The number of carbonyl (C=O) groups excluding carboxylic acids is 2. The molecule has 1 amide bonds. The van der Waals surface area contributed by atoms with E-state index >= 15 is 0 Å². The maximum absolute atomic E-state index is 13.2. The highest BCUT2D eigenvalue weighted by Crippen LogP contribution is 2.45. The molecule has 0 saturated carbocycles. The van der Waals surface area contributed by atoms with Gasteiger partial charge in [-0.3, -0.25) is 4.79 Å². The van der Waals surface area contributed by atoms with Gasteiger partial charge in [0.25, 0.3) is 0 Å². The Labute approximate surface area is 198 Å². The van der Waals surface area contributed by atoms with Crippen LogP contribution in [0.4, 0.5) is 0 Å². The second-order valence-corrected chi connectivity index (χ2v) is 9.13. The van der Waals surface area contributed by atoms with Crippen molar-refractivity contribution in [2.75, 3.05) is 33.4 Å². The Hall–Kier alpha value is -2.78. The van der Waals surface area contributed by atoms with E-state index in [2.05, 4.69) is 0 Å². The molecule has 0 bridgehead atoms. The number of hydrogen-bond donors (Lipinski definition) is 0. The summed E-state index contributed by atoms with van der Waals surface area (Å²) in [6, 6.07) is 7.15. The molecule has 1 saturated heterocycles. The van der Waals surface area contributed by atoms with Crippen molar-refractivity contribution >= 4 is 28.8 Å². The number of fused-ring (bicyclic) bond motifs is 1. The number of nitrogens with zero attached hydrogens (tertiary/aromatic N) is 3. The summed E-state index contributed by atoms with van der Waals surface area (Å²) in [7, 11) is 1.61. The lowest BCUT2D eigenvalue weighted by atomic mass is 9.93. The first-order valence-electron chi connectivity index (χ1n) is 11.0. The zero-order chi connectivity index (χ0) is 23.5. The van der Waals surface area contributed by atoms with Crippen LogP contribution >= 0.6 is 11.8 Å². The smallest absolute Gasteiger partial charge is 0.338 e. The first-order chi connectivity index (χ1) is 15.9. The fourth-order valence-corrected chi connectivity index (χ4v) is 5.08. The van der Waals surface area contributed by atoms with Crippen molar-refractivity contribution in [1.29, 1.82) is 0 Å². The van der Waals surface area contributed by atoms with E-state index in [-0.39, 0.29) is 18.4 Å². The lowest BCUT2D eigenvalue weighted by Gasteiger charge is -2.37. The van der Waals surface area contributed by atoms with Crippen LogP contribution in [0.25, 0.3) is 0 Å². The van der Waals surface area contributed by atoms with E-state index in [0.717, 1.165) is 16.4 Å². The monoisotopic (exact) mass is 471 g/mol. The molecule has 9 heteroatoms. The number of morpholine rings is 1. The number of rotatable bonds is 6. The Kier molecular flexibility index (Phi) is 7.09. The van der Waals surface area contributed by atoms with Gasteiger partial charge in [0.05, 0.1) is 50.2 Å². The number of carbonyl (C=O) groups is 2. The van der Waals surface area contributed by atoms with Gasteiger partial charge in [-0.2, -0.15) is 0 Å². The molecule has 4 rings (SSSR count). The van der Waals surface area contributed by atoms with E-state index < -0.39 is 12.0 Å². The average molecular weight is 472 g/mol. The van der Waals surface area contributed by atoms with Crippen LogP contribution in [0.5, 0.6) is 5.75 Å². The van der Waals surface area contributed by atoms with E-state index in [1.807, 2.05) is 60.2 Å². The second kappa shape index (κ2) is 10.0. The summed E-state index contributed by atoms with van der Waals surface area (Å²) in [6.07, 6.45) is -0.0436. The standard InChI is InChI=1S/C24H29N3O5S/c1-15(2)32-23(29)21-16(3)25-24-27(22(21)17-6-5-7-19(12-17)30-4)18(14-33-24)13-20(28)26-8-10-31-11-9-26/h5-7,12,14-15,22H,8-11,13H2,1-4H3. The van der Waals surface area contributed by atoms with Crippen LogP contribution in [0, 0.1) is 0 Å². The number of benzene rings is 1. The molecule has 0 spiro atoms. The molecule has 3 heterocycles. The fourth-order valence-electron chi connectivity index (χ4n) is 4.11. The maximum atomic E-state index is 13.2. The number of hydrogen-bond acceptors (Lipinski definition) is 8. The van der Waals surface area contributed by atoms with Crippen LogP contribution in [-0.2, 0) is 19.1 Å². The van der Waals surface area contributed by atoms with E-state index in [9.17, 15) is 9.59 Å². The van der Waals surface area contributed by atoms with Crippen molar-refractivity contribution in [3.63, 3.8) is 0 Å². The van der Waals surface area contributed by atoms with Crippen LogP contribution in [0.1, 0.15) is 38.8 Å².